The summed E-state index contributed by atoms with van der Waals surface area (Å²) in [6.45, 7) is 1.51. The number of nitrogens with zero attached hydrogens (tertiary/aromatic N) is 2. The zero-order valence-corrected chi connectivity index (χ0v) is 12.8. The summed E-state index contributed by atoms with van der Waals surface area (Å²) in [5.41, 5.74) is 0.795. The van der Waals surface area contributed by atoms with Crippen molar-refractivity contribution in [2.24, 2.45) is 0 Å². The van der Waals surface area contributed by atoms with Crippen molar-refractivity contribution in [1.82, 2.24) is 9.88 Å². The molecule has 0 radical (unpaired) electrons. The molecular weight excluding hydrogens is 319 g/mol. The highest BCUT2D eigenvalue weighted by atomic mass is 19.4. The van der Waals surface area contributed by atoms with Crippen molar-refractivity contribution in [2.45, 2.75) is 19.0 Å². The Morgan fingerprint density at radius 3 is 2.17 bits per heavy atom. The molecule has 1 aromatic carbocycles. The first-order valence-corrected chi connectivity index (χ1v) is 7.63. The summed E-state index contributed by atoms with van der Waals surface area (Å²) < 4.78 is 37.6. The van der Waals surface area contributed by atoms with Gasteiger partial charge in [0.25, 0.3) is 5.91 Å². The fourth-order valence-corrected chi connectivity index (χ4v) is 2.59. The van der Waals surface area contributed by atoms with Crippen molar-refractivity contribution >= 4 is 17.3 Å². The molecule has 0 saturated carbocycles. The van der Waals surface area contributed by atoms with Gasteiger partial charge in [-0.15, -0.1) is 0 Å². The number of hydrogen-bond acceptors (Lipinski definition) is 3. The molecule has 0 aliphatic carbocycles. The van der Waals surface area contributed by atoms with E-state index < -0.39 is 11.7 Å². The quantitative estimate of drug-likeness (QED) is 0.919. The molecule has 1 N–H and O–H groups in total. The zero-order valence-electron chi connectivity index (χ0n) is 12.8. The maximum Gasteiger partial charge on any atom is 0.416 e. The first-order valence-electron chi connectivity index (χ1n) is 7.63. The number of hydrogen-bond donors (Lipinski definition) is 1. The molecule has 2 aromatic rings. The van der Waals surface area contributed by atoms with Gasteiger partial charge in [-0.3, -0.25) is 4.79 Å². The molecule has 126 valence electrons. The van der Waals surface area contributed by atoms with Gasteiger partial charge in [0.1, 0.15) is 5.69 Å². The van der Waals surface area contributed by atoms with Gasteiger partial charge in [-0.05, 0) is 49.2 Å². The van der Waals surface area contributed by atoms with Crippen LogP contribution in [-0.2, 0) is 6.18 Å². The van der Waals surface area contributed by atoms with E-state index in [0.717, 1.165) is 38.1 Å². The molecule has 4 nitrogen and oxygen atoms in total. The third kappa shape index (κ3) is 3.67. The van der Waals surface area contributed by atoms with Gasteiger partial charge in [0, 0.05) is 18.8 Å². The molecule has 0 bridgehead atoms. The van der Waals surface area contributed by atoms with Gasteiger partial charge in [0.15, 0.2) is 0 Å². The van der Waals surface area contributed by atoms with Crippen molar-refractivity contribution in [1.29, 1.82) is 0 Å². The Hall–Kier alpha value is -2.57. The average Bonchev–Trinajstić information content (AvgIpc) is 3.09. The zero-order chi connectivity index (χ0) is 17.2. The Bertz CT molecular complexity index is 705. The van der Waals surface area contributed by atoms with Gasteiger partial charge in [0.2, 0.25) is 0 Å². The standard InChI is InChI=1S/C17H16F3N3O/c18-17(19,20)12-3-5-13(6-4-12)22-14-7-8-15(21-11-14)16(24)23-9-1-2-10-23/h3-8,11,22H,1-2,9-10H2. The maximum atomic E-state index is 12.5. The van der Waals surface area contributed by atoms with E-state index in [-0.39, 0.29) is 5.91 Å². The van der Waals surface area contributed by atoms with Crippen LogP contribution in [0.1, 0.15) is 28.9 Å². The van der Waals surface area contributed by atoms with Crippen LogP contribution in [0.5, 0.6) is 0 Å². The van der Waals surface area contributed by atoms with Crippen LogP contribution in [0.25, 0.3) is 0 Å². The minimum Gasteiger partial charge on any atom is -0.354 e. The average molecular weight is 335 g/mol. The van der Waals surface area contributed by atoms with Crippen LogP contribution < -0.4 is 5.32 Å². The van der Waals surface area contributed by atoms with E-state index in [1.54, 1.807) is 17.0 Å². The van der Waals surface area contributed by atoms with Gasteiger partial charge >= 0.3 is 6.18 Å². The van der Waals surface area contributed by atoms with Crippen molar-refractivity contribution in [2.75, 3.05) is 18.4 Å². The van der Waals surface area contributed by atoms with E-state index in [1.807, 2.05) is 0 Å². The lowest BCUT2D eigenvalue weighted by Crippen LogP contribution is -2.28. The van der Waals surface area contributed by atoms with E-state index in [0.29, 0.717) is 17.1 Å². The number of carbonyl (C=O) groups is 1. The minimum atomic E-state index is -4.35. The first kappa shape index (κ1) is 16.3. The Balaban J connectivity index is 1.66. The molecule has 24 heavy (non-hydrogen) atoms. The Morgan fingerprint density at radius 1 is 1.00 bits per heavy atom. The van der Waals surface area contributed by atoms with Crippen molar-refractivity contribution in [3.8, 4) is 0 Å². The molecule has 0 spiro atoms. The van der Waals surface area contributed by atoms with E-state index in [9.17, 15) is 18.0 Å². The van der Waals surface area contributed by atoms with Gasteiger partial charge in [-0.1, -0.05) is 0 Å². The lowest BCUT2D eigenvalue weighted by molar-refractivity contribution is -0.137. The molecule has 0 atom stereocenters. The second-order valence-corrected chi connectivity index (χ2v) is 5.63. The SMILES string of the molecule is O=C(c1ccc(Nc2ccc(C(F)(F)F)cc2)cn1)N1CCCC1. The number of benzene rings is 1. The summed E-state index contributed by atoms with van der Waals surface area (Å²) in [6.07, 6.45) is -0.822. The highest BCUT2D eigenvalue weighted by Gasteiger charge is 2.29. The molecular formula is C17H16F3N3O. The van der Waals surface area contributed by atoms with Gasteiger partial charge < -0.3 is 10.2 Å². The summed E-state index contributed by atoms with van der Waals surface area (Å²) >= 11 is 0. The lowest BCUT2D eigenvalue weighted by Gasteiger charge is -2.14. The predicted octanol–water partition coefficient (Wildman–Crippen LogP) is 4.08. The highest BCUT2D eigenvalue weighted by Crippen LogP contribution is 2.30. The minimum absolute atomic E-state index is 0.0893. The number of nitrogens with one attached hydrogen (secondary N) is 1. The number of alkyl halides is 3. The van der Waals surface area contributed by atoms with Gasteiger partial charge in [-0.25, -0.2) is 4.98 Å². The second kappa shape index (κ2) is 6.51. The van der Waals surface area contributed by atoms with Crippen molar-refractivity contribution in [3.63, 3.8) is 0 Å². The molecule has 3 rings (SSSR count). The summed E-state index contributed by atoms with van der Waals surface area (Å²) in [7, 11) is 0. The molecule has 1 fully saturated rings. The van der Waals surface area contributed by atoms with E-state index in [2.05, 4.69) is 10.3 Å². The number of amides is 1. The number of halogens is 3. The van der Waals surface area contributed by atoms with E-state index in [4.69, 9.17) is 0 Å². The molecule has 0 unspecified atom stereocenters. The Morgan fingerprint density at radius 2 is 1.62 bits per heavy atom. The summed E-state index contributed by atoms with van der Waals surface area (Å²) in [5.74, 6) is -0.0893. The Labute approximate surface area is 137 Å². The first-order chi connectivity index (χ1) is 11.4. The molecule has 2 heterocycles. The third-order valence-corrected chi connectivity index (χ3v) is 3.88. The predicted molar refractivity (Wildman–Crippen MR) is 84.1 cm³/mol. The number of likely N-dealkylation sites (tertiary alicyclic amines) is 1. The molecule has 7 heteroatoms. The maximum absolute atomic E-state index is 12.5. The third-order valence-electron chi connectivity index (χ3n) is 3.88. The molecule has 1 amide bonds. The fourth-order valence-electron chi connectivity index (χ4n) is 2.59. The van der Waals surface area contributed by atoms with E-state index >= 15 is 0 Å². The van der Waals surface area contributed by atoms with Crippen LogP contribution in [0.2, 0.25) is 0 Å². The van der Waals surface area contributed by atoms with Crippen LogP contribution in [0.4, 0.5) is 24.5 Å². The molecule has 1 aliphatic heterocycles. The van der Waals surface area contributed by atoms with Gasteiger partial charge in [-0.2, -0.15) is 13.2 Å². The highest BCUT2D eigenvalue weighted by molar-refractivity contribution is 5.92. The lowest BCUT2D eigenvalue weighted by atomic mass is 10.2. The van der Waals surface area contributed by atoms with Crippen LogP contribution in [0, 0.1) is 0 Å². The van der Waals surface area contributed by atoms with Crippen LogP contribution in [0.3, 0.4) is 0 Å². The topological polar surface area (TPSA) is 45.2 Å². The van der Waals surface area contributed by atoms with Crippen molar-refractivity contribution < 1.29 is 18.0 Å². The Kier molecular flexibility index (Phi) is 4.42. The normalized spacial score (nSPS) is 14.7. The summed E-state index contributed by atoms with van der Waals surface area (Å²) in [4.78, 5) is 18.1. The summed E-state index contributed by atoms with van der Waals surface area (Å²) in [6, 6.07) is 8.04. The van der Waals surface area contributed by atoms with Crippen LogP contribution >= 0.6 is 0 Å². The van der Waals surface area contributed by atoms with Crippen LogP contribution in [-0.4, -0.2) is 28.9 Å². The smallest absolute Gasteiger partial charge is 0.354 e. The molecule has 1 aromatic heterocycles. The monoisotopic (exact) mass is 335 g/mol. The second-order valence-electron chi connectivity index (χ2n) is 5.63. The number of anilines is 2. The van der Waals surface area contributed by atoms with Gasteiger partial charge in [0.05, 0.1) is 17.4 Å². The summed E-state index contributed by atoms with van der Waals surface area (Å²) in [5, 5.41) is 2.96. The van der Waals surface area contributed by atoms with Crippen molar-refractivity contribution in [3.05, 3.63) is 53.9 Å². The molecule has 1 saturated heterocycles. The molecule has 1 aliphatic rings. The number of carbonyl (C=O) groups excluding carboxylic acids is 1. The van der Waals surface area contributed by atoms with Crippen LogP contribution in [0.15, 0.2) is 42.6 Å². The number of pyridine rings is 1. The fraction of sp³-hybridized carbons (Fsp3) is 0.294. The number of aromatic nitrogens is 1. The number of rotatable bonds is 3. The largest absolute Gasteiger partial charge is 0.416 e. The van der Waals surface area contributed by atoms with E-state index in [1.165, 1.54) is 18.3 Å².